The van der Waals surface area contributed by atoms with Crippen molar-refractivity contribution in [3.8, 4) is 0 Å². The lowest BCUT2D eigenvalue weighted by Gasteiger charge is -2.07. The number of benzene rings is 2. The van der Waals surface area contributed by atoms with Crippen LogP contribution in [0.2, 0.25) is 5.02 Å². The number of rotatable bonds is 6. The summed E-state index contributed by atoms with van der Waals surface area (Å²) in [6.07, 6.45) is 2.16. The highest BCUT2D eigenvalue weighted by Crippen LogP contribution is 2.15. The van der Waals surface area contributed by atoms with Gasteiger partial charge in [-0.15, -0.1) is 11.6 Å². The van der Waals surface area contributed by atoms with Crippen molar-refractivity contribution in [2.45, 2.75) is 19.3 Å². The third kappa shape index (κ3) is 5.41. The molecule has 0 saturated heterocycles. The summed E-state index contributed by atoms with van der Waals surface area (Å²) in [6.45, 7) is 0. The molecule has 0 atom stereocenters. The fourth-order valence-corrected chi connectivity index (χ4v) is 2.46. The molecule has 0 aromatic heterocycles. The van der Waals surface area contributed by atoms with Crippen LogP contribution in [0.15, 0.2) is 48.5 Å². The number of aryl methyl sites for hydroxylation is 1. The minimum absolute atomic E-state index is 0.0493. The molecule has 1 amide bonds. The molecule has 2 rings (SSSR count). The van der Waals surface area contributed by atoms with Gasteiger partial charge >= 0.3 is 0 Å². The van der Waals surface area contributed by atoms with Crippen LogP contribution in [-0.2, 0) is 17.6 Å². The molecule has 0 aliphatic heterocycles. The normalized spacial score (nSPS) is 10.4. The van der Waals surface area contributed by atoms with E-state index in [1.165, 1.54) is 5.56 Å². The molecule has 4 heteroatoms. The zero-order chi connectivity index (χ0) is 15.1. The topological polar surface area (TPSA) is 29.1 Å². The Hall–Kier alpha value is -1.51. The van der Waals surface area contributed by atoms with Crippen molar-refractivity contribution in [1.82, 2.24) is 0 Å². The zero-order valence-electron chi connectivity index (χ0n) is 11.6. The molecule has 0 fully saturated rings. The SMILES string of the molecule is O=C(Cc1cccc(Cl)c1)Nc1cccc(CCCCl)c1. The summed E-state index contributed by atoms with van der Waals surface area (Å²) in [5.74, 6) is 0.595. The summed E-state index contributed by atoms with van der Waals surface area (Å²) in [6, 6.07) is 15.2. The van der Waals surface area contributed by atoms with Crippen LogP contribution in [0.5, 0.6) is 0 Å². The Labute approximate surface area is 135 Å². The van der Waals surface area contributed by atoms with E-state index < -0.39 is 0 Å². The van der Waals surface area contributed by atoms with Gasteiger partial charge in [0.1, 0.15) is 0 Å². The molecule has 2 aromatic rings. The summed E-state index contributed by atoms with van der Waals surface area (Å²) >= 11 is 11.6. The highest BCUT2D eigenvalue weighted by molar-refractivity contribution is 6.30. The summed E-state index contributed by atoms with van der Waals surface area (Å²) in [5.41, 5.74) is 2.89. The fraction of sp³-hybridized carbons (Fsp3) is 0.235. The summed E-state index contributed by atoms with van der Waals surface area (Å²) < 4.78 is 0. The molecule has 0 aliphatic rings. The summed E-state index contributed by atoms with van der Waals surface area (Å²) in [7, 11) is 0. The van der Waals surface area contributed by atoms with Gasteiger partial charge in [-0.1, -0.05) is 35.9 Å². The number of alkyl halides is 1. The van der Waals surface area contributed by atoms with E-state index in [0.29, 0.717) is 17.3 Å². The molecule has 2 aromatic carbocycles. The quantitative estimate of drug-likeness (QED) is 0.768. The number of hydrogen-bond donors (Lipinski definition) is 1. The standard InChI is InChI=1S/C17H17Cl2NO/c18-9-3-6-13-4-2-8-16(11-13)20-17(21)12-14-5-1-7-15(19)10-14/h1-2,4-5,7-8,10-11H,3,6,9,12H2,(H,20,21). The molecule has 0 radical (unpaired) electrons. The lowest BCUT2D eigenvalue weighted by Crippen LogP contribution is -2.14. The predicted molar refractivity (Wildman–Crippen MR) is 89.3 cm³/mol. The number of halogens is 2. The van der Waals surface area contributed by atoms with Crippen LogP contribution in [0, 0.1) is 0 Å². The smallest absolute Gasteiger partial charge is 0.228 e. The Kier molecular flexibility index (Phi) is 6.09. The largest absolute Gasteiger partial charge is 0.326 e. The van der Waals surface area contributed by atoms with E-state index in [4.69, 9.17) is 23.2 Å². The van der Waals surface area contributed by atoms with Gasteiger partial charge in [0, 0.05) is 16.6 Å². The number of amides is 1. The third-order valence-corrected chi connectivity index (χ3v) is 3.57. The molecular formula is C17H17Cl2NO. The molecule has 0 aliphatic carbocycles. The second-order valence-corrected chi connectivity index (χ2v) is 5.66. The molecular weight excluding hydrogens is 305 g/mol. The third-order valence-electron chi connectivity index (χ3n) is 3.06. The second kappa shape index (κ2) is 8.06. The van der Waals surface area contributed by atoms with E-state index in [-0.39, 0.29) is 5.91 Å². The van der Waals surface area contributed by atoms with E-state index in [9.17, 15) is 4.79 Å². The van der Waals surface area contributed by atoms with Crippen molar-refractivity contribution in [3.63, 3.8) is 0 Å². The number of hydrogen-bond acceptors (Lipinski definition) is 1. The molecule has 0 bridgehead atoms. The molecule has 0 spiro atoms. The molecule has 0 heterocycles. The second-order valence-electron chi connectivity index (χ2n) is 4.85. The molecule has 0 unspecified atom stereocenters. The molecule has 2 nitrogen and oxygen atoms in total. The van der Waals surface area contributed by atoms with Crippen LogP contribution >= 0.6 is 23.2 Å². The van der Waals surface area contributed by atoms with Crippen LogP contribution in [0.4, 0.5) is 5.69 Å². The van der Waals surface area contributed by atoms with Crippen LogP contribution in [-0.4, -0.2) is 11.8 Å². The Morgan fingerprint density at radius 2 is 1.81 bits per heavy atom. The van der Waals surface area contributed by atoms with Crippen molar-refractivity contribution in [3.05, 3.63) is 64.7 Å². The van der Waals surface area contributed by atoms with Crippen LogP contribution in [0.3, 0.4) is 0 Å². The van der Waals surface area contributed by atoms with Crippen molar-refractivity contribution in [2.24, 2.45) is 0 Å². The average Bonchev–Trinajstić information content (AvgIpc) is 2.45. The minimum atomic E-state index is -0.0493. The van der Waals surface area contributed by atoms with Crippen molar-refractivity contribution in [1.29, 1.82) is 0 Å². The Morgan fingerprint density at radius 1 is 1.05 bits per heavy atom. The Morgan fingerprint density at radius 3 is 2.57 bits per heavy atom. The molecule has 1 N–H and O–H groups in total. The number of anilines is 1. The van der Waals surface area contributed by atoms with Gasteiger partial charge in [-0.3, -0.25) is 4.79 Å². The molecule has 21 heavy (non-hydrogen) atoms. The van der Waals surface area contributed by atoms with E-state index in [1.54, 1.807) is 12.1 Å². The van der Waals surface area contributed by atoms with Gasteiger partial charge in [0.05, 0.1) is 6.42 Å². The average molecular weight is 322 g/mol. The first kappa shape index (κ1) is 15.9. The lowest BCUT2D eigenvalue weighted by molar-refractivity contribution is -0.115. The van der Waals surface area contributed by atoms with Crippen molar-refractivity contribution >= 4 is 34.8 Å². The summed E-state index contributed by atoms with van der Waals surface area (Å²) in [5, 5.41) is 3.55. The maximum atomic E-state index is 12.0. The fourth-order valence-electron chi connectivity index (χ4n) is 2.11. The maximum Gasteiger partial charge on any atom is 0.228 e. The highest BCUT2D eigenvalue weighted by atomic mass is 35.5. The van der Waals surface area contributed by atoms with Crippen molar-refractivity contribution in [2.75, 3.05) is 11.2 Å². The minimum Gasteiger partial charge on any atom is -0.326 e. The Bertz CT molecular complexity index is 613. The van der Waals surface area contributed by atoms with Gasteiger partial charge in [-0.25, -0.2) is 0 Å². The van der Waals surface area contributed by atoms with E-state index in [0.717, 1.165) is 24.1 Å². The first-order valence-electron chi connectivity index (χ1n) is 6.86. The lowest BCUT2D eigenvalue weighted by atomic mass is 10.1. The number of carbonyl (C=O) groups excluding carboxylic acids is 1. The maximum absolute atomic E-state index is 12.0. The highest BCUT2D eigenvalue weighted by Gasteiger charge is 2.05. The van der Waals surface area contributed by atoms with E-state index in [1.807, 2.05) is 36.4 Å². The first-order valence-corrected chi connectivity index (χ1v) is 7.78. The van der Waals surface area contributed by atoms with Crippen LogP contribution in [0.25, 0.3) is 0 Å². The Balaban J connectivity index is 1.96. The monoisotopic (exact) mass is 321 g/mol. The van der Waals surface area contributed by atoms with E-state index >= 15 is 0 Å². The number of nitrogens with one attached hydrogen (secondary N) is 1. The van der Waals surface area contributed by atoms with Gasteiger partial charge in [0.2, 0.25) is 5.91 Å². The molecule has 0 saturated carbocycles. The number of carbonyl (C=O) groups is 1. The van der Waals surface area contributed by atoms with Gasteiger partial charge in [0.25, 0.3) is 0 Å². The van der Waals surface area contributed by atoms with Gasteiger partial charge in [-0.05, 0) is 48.2 Å². The summed E-state index contributed by atoms with van der Waals surface area (Å²) in [4.78, 5) is 12.0. The van der Waals surface area contributed by atoms with Crippen LogP contribution in [0.1, 0.15) is 17.5 Å². The predicted octanol–water partition coefficient (Wildman–Crippen LogP) is 4.69. The first-order chi connectivity index (χ1) is 10.2. The molecule has 110 valence electrons. The van der Waals surface area contributed by atoms with Gasteiger partial charge < -0.3 is 5.32 Å². The van der Waals surface area contributed by atoms with Crippen molar-refractivity contribution < 1.29 is 4.79 Å². The van der Waals surface area contributed by atoms with Gasteiger partial charge in [-0.2, -0.15) is 0 Å². The van der Waals surface area contributed by atoms with Gasteiger partial charge in [0.15, 0.2) is 0 Å². The zero-order valence-corrected chi connectivity index (χ0v) is 13.1. The van der Waals surface area contributed by atoms with Crippen LogP contribution < -0.4 is 5.32 Å². The van der Waals surface area contributed by atoms with E-state index in [2.05, 4.69) is 5.32 Å².